The highest BCUT2D eigenvalue weighted by molar-refractivity contribution is 5.61. The fraction of sp³-hybridized carbons (Fsp3) is 0.333. The van der Waals surface area contributed by atoms with Gasteiger partial charge >= 0.3 is 0 Å². The monoisotopic (exact) mass is 254 g/mol. The van der Waals surface area contributed by atoms with Crippen LogP contribution in [-0.4, -0.2) is 17.0 Å². The van der Waals surface area contributed by atoms with E-state index in [-0.39, 0.29) is 0 Å². The Kier molecular flexibility index (Phi) is 3.07. The van der Waals surface area contributed by atoms with E-state index in [4.69, 9.17) is 5.73 Å². The van der Waals surface area contributed by atoms with Gasteiger partial charge in [-0.25, -0.2) is 9.97 Å². The Morgan fingerprint density at radius 2 is 1.95 bits per heavy atom. The van der Waals surface area contributed by atoms with E-state index >= 15 is 0 Å². The van der Waals surface area contributed by atoms with Gasteiger partial charge in [-0.05, 0) is 42.5 Å². The third-order valence-corrected chi connectivity index (χ3v) is 3.79. The molecule has 98 valence electrons. The number of aromatic nitrogens is 2. The zero-order chi connectivity index (χ0) is 13.2. The summed E-state index contributed by atoms with van der Waals surface area (Å²) in [6.07, 6.45) is 7.78. The van der Waals surface area contributed by atoms with E-state index in [1.165, 1.54) is 24.8 Å². The largest absolute Gasteiger partial charge is 0.399 e. The van der Waals surface area contributed by atoms with Gasteiger partial charge in [-0.3, -0.25) is 0 Å². The minimum Gasteiger partial charge on any atom is -0.399 e. The number of hydrogen-bond acceptors (Lipinski definition) is 4. The van der Waals surface area contributed by atoms with Crippen LogP contribution < -0.4 is 10.6 Å². The van der Waals surface area contributed by atoms with Crippen molar-refractivity contribution < 1.29 is 0 Å². The molecule has 0 aliphatic heterocycles. The second kappa shape index (κ2) is 4.88. The topological polar surface area (TPSA) is 55.0 Å². The molecule has 1 aromatic carbocycles. The smallest absolute Gasteiger partial charge is 0.229 e. The van der Waals surface area contributed by atoms with Crippen molar-refractivity contribution >= 4 is 17.3 Å². The second-order valence-electron chi connectivity index (χ2n) is 5.10. The van der Waals surface area contributed by atoms with Gasteiger partial charge in [0.05, 0.1) is 0 Å². The van der Waals surface area contributed by atoms with Crippen LogP contribution in [0.4, 0.5) is 17.3 Å². The maximum atomic E-state index is 5.80. The molecular formula is C15H18N4. The number of nitrogen functional groups attached to an aromatic ring is 1. The standard InChI is InChI=1S/C15H18N4/c1-19(14-7-3-6-13(16)8-14)15-17-9-12(10-18-15)11-4-2-5-11/h3,6-11H,2,4-5,16H2,1H3. The average molecular weight is 254 g/mol. The molecule has 0 spiro atoms. The van der Waals surface area contributed by atoms with E-state index in [0.29, 0.717) is 11.9 Å². The highest BCUT2D eigenvalue weighted by atomic mass is 15.2. The molecule has 1 saturated carbocycles. The van der Waals surface area contributed by atoms with Crippen LogP contribution in [-0.2, 0) is 0 Å². The number of nitrogens with two attached hydrogens (primary N) is 1. The fourth-order valence-electron chi connectivity index (χ4n) is 2.31. The Bertz CT molecular complexity index is 561. The molecule has 0 bridgehead atoms. The molecule has 1 heterocycles. The molecule has 0 saturated heterocycles. The van der Waals surface area contributed by atoms with E-state index in [9.17, 15) is 0 Å². The zero-order valence-corrected chi connectivity index (χ0v) is 11.1. The predicted molar refractivity (Wildman–Crippen MR) is 77.5 cm³/mol. The number of benzene rings is 1. The molecule has 0 unspecified atom stereocenters. The second-order valence-corrected chi connectivity index (χ2v) is 5.10. The van der Waals surface area contributed by atoms with Crippen molar-refractivity contribution in [2.24, 2.45) is 0 Å². The SMILES string of the molecule is CN(c1cccc(N)c1)c1ncc(C2CCC2)cn1. The predicted octanol–water partition coefficient (Wildman–Crippen LogP) is 3.09. The van der Waals surface area contributed by atoms with E-state index in [2.05, 4.69) is 9.97 Å². The first-order valence-corrected chi connectivity index (χ1v) is 6.65. The molecular weight excluding hydrogens is 236 g/mol. The normalized spacial score (nSPS) is 15.0. The average Bonchev–Trinajstić information content (AvgIpc) is 2.37. The van der Waals surface area contributed by atoms with E-state index in [1.807, 2.05) is 48.6 Å². The molecule has 0 atom stereocenters. The van der Waals surface area contributed by atoms with Crippen molar-refractivity contribution in [3.05, 3.63) is 42.2 Å². The molecule has 2 N–H and O–H groups in total. The molecule has 4 heteroatoms. The number of nitrogens with zero attached hydrogens (tertiary/aromatic N) is 3. The lowest BCUT2D eigenvalue weighted by Crippen LogP contribution is -2.15. The lowest BCUT2D eigenvalue weighted by Gasteiger charge is -2.25. The van der Waals surface area contributed by atoms with Crippen molar-refractivity contribution in [3.8, 4) is 0 Å². The van der Waals surface area contributed by atoms with Gasteiger partial charge in [-0.15, -0.1) is 0 Å². The Morgan fingerprint density at radius 3 is 2.53 bits per heavy atom. The maximum Gasteiger partial charge on any atom is 0.229 e. The first-order chi connectivity index (χ1) is 9.24. The highest BCUT2D eigenvalue weighted by Crippen LogP contribution is 2.35. The van der Waals surface area contributed by atoms with Gasteiger partial charge in [0.15, 0.2) is 0 Å². The molecule has 0 radical (unpaired) electrons. The van der Waals surface area contributed by atoms with Crippen molar-refractivity contribution in [2.75, 3.05) is 17.7 Å². The Balaban J connectivity index is 1.81. The van der Waals surface area contributed by atoms with Gasteiger partial charge in [0.25, 0.3) is 0 Å². The summed E-state index contributed by atoms with van der Waals surface area (Å²) in [5.41, 5.74) is 8.80. The third kappa shape index (κ3) is 2.38. The molecule has 19 heavy (non-hydrogen) atoms. The van der Waals surface area contributed by atoms with Crippen LogP contribution in [0, 0.1) is 0 Å². The summed E-state index contributed by atoms with van der Waals surface area (Å²) in [6.45, 7) is 0. The minimum atomic E-state index is 0.673. The summed E-state index contributed by atoms with van der Waals surface area (Å²) >= 11 is 0. The maximum absolute atomic E-state index is 5.80. The Labute approximate surface area is 113 Å². The summed E-state index contributed by atoms with van der Waals surface area (Å²) in [5, 5.41) is 0. The molecule has 1 aliphatic carbocycles. The van der Waals surface area contributed by atoms with Crippen LogP contribution in [0.2, 0.25) is 0 Å². The quantitative estimate of drug-likeness (QED) is 0.855. The molecule has 3 rings (SSSR count). The number of rotatable bonds is 3. The van der Waals surface area contributed by atoms with Crippen LogP contribution in [0.5, 0.6) is 0 Å². The van der Waals surface area contributed by atoms with E-state index in [1.54, 1.807) is 0 Å². The summed E-state index contributed by atoms with van der Waals surface area (Å²) in [5.74, 6) is 1.38. The van der Waals surface area contributed by atoms with E-state index in [0.717, 1.165) is 11.4 Å². The Morgan fingerprint density at radius 1 is 1.21 bits per heavy atom. The zero-order valence-electron chi connectivity index (χ0n) is 11.1. The molecule has 1 aromatic heterocycles. The van der Waals surface area contributed by atoms with Gasteiger partial charge in [0, 0.05) is 30.8 Å². The number of anilines is 3. The van der Waals surface area contributed by atoms with Crippen molar-refractivity contribution in [2.45, 2.75) is 25.2 Å². The number of hydrogen-bond donors (Lipinski definition) is 1. The molecule has 0 amide bonds. The van der Waals surface area contributed by atoms with Gasteiger partial charge < -0.3 is 10.6 Å². The molecule has 1 fully saturated rings. The van der Waals surface area contributed by atoms with Gasteiger partial charge in [0.2, 0.25) is 5.95 Å². The lowest BCUT2D eigenvalue weighted by atomic mass is 9.81. The molecule has 1 aliphatic rings. The van der Waals surface area contributed by atoms with Crippen LogP contribution in [0.1, 0.15) is 30.7 Å². The summed E-state index contributed by atoms with van der Waals surface area (Å²) in [6, 6.07) is 7.73. The van der Waals surface area contributed by atoms with E-state index < -0.39 is 0 Å². The van der Waals surface area contributed by atoms with Crippen molar-refractivity contribution in [3.63, 3.8) is 0 Å². The van der Waals surface area contributed by atoms with Gasteiger partial charge in [-0.1, -0.05) is 12.5 Å². The van der Waals surface area contributed by atoms with Crippen LogP contribution in [0.25, 0.3) is 0 Å². The first-order valence-electron chi connectivity index (χ1n) is 6.65. The lowest BCUT2D eigenvalue weighted by molar-refractivity contribution is 0.418. The minimum absolute atomic E-state index is 0.673. The summed E-state index contributed by atoms with van der Waals surface area (Å²) in [4.78, 5) is 10.9. The first kappa shape index (κ1) is 12.0. The van der Waals surface area contributed by atoms with Gasteiger partial charge in [-0.2, -0.15) is 0 Å². The Hall–Kier alpha value is -2.10. The van der Waals surface area contributed by atoms with Crippen molar-refractivity contribution in [1.29, 1.82) is 0 Å². The van der Waals surface area contributed by atoms with Crippen LogP contribution in [0.3, 0.4) is 0 Å². The van der Waals surface area contributed by atoms with Gasteiger partial charge in [0.1, 0.15) is 0 Å². The molecule has 4 nitrogen and oxygen atoms in total. The summed E-state index contributed by atoms with van der Waals surface area (Å²) in [7, 11) is 1.95. The molecule has 2 aromatic rings. The van der Waals surface area contributed by atoms with Crippen molar-refractivity contribution in [1.82, 2.24) is 9.97 Å². The third-order valence-electron chi connectivity index (χ3n) is 3.79. The highest BCUT2D eigenvalue weighted by Gasteiger charge is 2.20. The summed E-state index contributed by atoms with van der Waals surface area (Å²) < 4.78 is 0. The fourth-order valence-corrected chi connectivity index (χ4v) is 2.31. The van der Waals surface area contributed by atoms with Crippen LogP contribution >= 0.6 is 0 Å². The van der Waals surface area contributed by atoms with Crippen LogP contribution in [0.15, 0.2) is 36.7 Å².